The first-order valence-corrected chi connectivity index (χ1v) is 12.3. The van der Waals surface area contributed by atoms with E-state index in [4.69, 9.17) is 0 Å². The summed E-state index contributed by atoms with van der Waals surface area (Å²) < 4.78 is 1.11. The van der Waals surface area contributed by atoms with Crippen molar-refractivity contribution in [1.82, 2.24) is 20.1 Å². The van der Waals surface area contributed by atoms with Crippen molar-refractivity contribution in [3.05, 3.63) is 77.0 Å². The first-order chi connectivity index (χ1) is 15.7. The van der Waals surface area contributed by atoms with Crippen molar-refractivity contribution in [2.45, 2.75) is 11.8 Å². The number of aromatic amines is 1. The van der Waals surface area contributed by atoms with E-state index in [9.17, 15) is 4.79 Å². The number of nitrogens with one attached hydrogen (secondary N) is 2. The molecule has 162 valence electrons. The lowest BCUT2D eigenvalue weighted by Gasteiger charge is -2.31. The molecule has 6 nitrogen and oxygen atoms in total. The summed E-state index contributed by atoms with van der Waals surface area (Å²) in [5, 5.41) is 11.5. The van der Waals surface area contributed by atoms with E-state index < -0.39 is 0 Å². The number of anilines is 1. The Labute approximate surface area is 198 Å². The van der Waals surface area contributed by atoms with Crippen LogP contribution < -0.4 is 5.32 Å². The van der Waals surface area contributed by atoms with E-state index in [1.165, 1.54) is 5.56 Å². The van der Waals surface area contributed by atoms with Gasteiger partial charge in [0.05, 0.1) is 10.8 Å². The van der Waals surface area contributed by atoms with E-state index in [1.807, 2.05) is 36.4 Å². The van der Waals surface area contributed by atoms with Crippen LogP contribution in [-0.2, 0) is 11.3 Å². The number of nitrogens with zero attached hydrogens (tertiary/aromatic N) is 3. The summed E-state index contributed by atoms with van der Waals surface area (Å²) in [6, 6.07) is 18.0. The van der Waals surface area contributed by atoms with E-state index in [2.05, 4.69) is 59.5 Å². The molecule has 1 atom stereocenters. The second-order valence-electron chi connectivity index (χ2n) is 7.74. The van der Waals surface area contributed by atoms with Crippen LogP contribution in [0.1, 0.15) is 5.56 Å². The first kappa shape index (κ1) is 21.2. The zero-order valence-electron chi connectivity index (χ0n) is 17.3. The minimum Gasteiger partial charge on any atom is -0.325 e. The molecule has 1 aliphatic rings. The van der Waals surface area contributed by atoms with Gasteiger partial charge in [-0.3, -0.25) is 19.8 Å². The largest absolute Gasteiger partial charge is 0.325 e. The molecule has 2 aromatic carbocycles. The van der Waals surface area contributed by atoms with E-state index >= 15 is 0 Å². The summed E-state index contributed by atoms with van der Waals surface area (Å²) in [7, 11) is 0. The monoisotopic (exact) mass is 507 g/mol. The zero-order chi connectivity index (χ0) is 21.9. The quantitative estimate of drug-likeness (QED) is 0.400. The summed E-state index contributed by atoms with van der Waals surface area (Å²) in [4.78, 5) is 19.5. The number of aromatic nitrogens is 3. The molecule has 32 heavy (non-hydrogen) atoms. The van der Waals surface area contributed by atoms with Crippen molar-refractivity contribution in [1.29, 1.82) is 0 Å². The molecule has 0 aliphatic carbocycles. The number of halogens is 1. The van der Waals surface area contributed by atoms with Gasteiger partial charge in [0.1, 0.15) is 5.69 Å². The smallest absolute Gasteiger partial charge is 0.238 e. The van der Waals surface area contributed by atoms with Gasteiger partial charge in [0.2, 0.25) is 5.91 Å². The molecule has 2 aromatic heterocycles. The number of fused-ring (bicyclic) bond motifs is 1. The van der Waals surface area contributed by atoms with Crippen molar-refractivity contribution < 1.29 is 4.79 Å². The summed E-state index contributed by atoms with van der Waals surface area (Å²) in [6.45, 7) is 2.54. The highest BCUT2D eigenvalue weighted by molar-refractivity contribution is 9.10. The van der Waals surface area contributed by atoms with Gasteiger partial charge in [0.25, 0.3) is 0 Å². The average Bonchev–Trinajstić information content (AvgIpc) is 3.25. The van der Waals surface area contributed by atoms with Crippen LogP contribution in [0.5, 0.6) is 0 Å². The SMILES string of the molecule is O=C(Nc1ccc2[nH]nc(-c3ccncc3)c2c1)C1CN(Cc2ccccc2Br)CCS1. The van der Waals surface area contributed by atoms with Gasteiger partial charge in [-0.15, -0.1) is 11.8 Å². The molecular formula is C24H22BrN5OS. The van der Waals surface area contributed by atoms with Crippen molar-refractivity contribution in [2.24, 2.45) is 0 Å². The number of amides is 1. The van der Waals surface area contributed by atoms with Crippen LogP contribution in [0.3, 0.4) is 0 Å². The van der Waals surface area contributed by atoms with Crippen LogP contribution in [0, 0.1) is 0 Å². The number of benzene rings is 2. The predicted molar refractivity (Wildman–Crippen MR) is 134 cm³/mol. The number of hydrogen-bond donors (Lipinski definition) is 2. The molecule has 1 saturated heterocycles. The number of rotatable bonds is 5. The lowest BCUT2D eigenvalue weighted by atomic mass is 10.1. The summed E-state index contributed by atoms with van der Waals surface area (Å²) in [5.74, 6) is 0.982. The maximum absolute atomic E-state index is 13.1. The van der Waals surface area contributed by atoms with Crippen LogP contribution in [0.4, 0.5) is 5.69 Å². The van der Waals surface area contributed by atoms with E-state index in [-0.39, 0.29) is 11.2 Å². The lowest BCUT2D eigenvalue weighted by molar-refractivity contribution is -0.116. The molecule has 1 aliphatic heterocycles. The Balaban J connectivity index is 1.29. The van der Waals surface area contributed by atoms with Crippen molar-refractivity contribution in [3.63, 3.8) is 0 Å². The molecular weight excluding hydrogens is 486 g/mol. The van der Waals surface area contributed by atoms with E-state index in [0.29, 0.717) is 0 Å². The Morgan fingerprint density at radius 1 is 1.19 bits per heavy atom. The Kier molecular flexibility index (Phi) is 6.25. The highest BCUT2D eigenvalue weighted by atomic mass is 79.9. The van der Waals surface area contributed by atoms with Gasteiger partial charge < -0.3 is 5.32 Å². The fourth-order valence-corrected chi connectivity index (χ4v) is 5.50. The highest BCUT2D eigenvalue weighted by Gasteiger charge is 2.27. The minimum atomic E-state index is -0.106. The van der Waals surface area contributed by atoms with Gasteiger partial charge >= 0.3 is 0 Å². The number of thioether (sulfide) groups is 1. The maximum Gasteiger partial charge on any atom is 0.238 e. The zero-order valence-corrected chi connectivity index (χ0v) is 19.7. The second-order valence-corrected chi connectivity index (χ2v) is 9.91. The van der Waals surface area contributed by atoms with Crippen LogP contribution in [0.25, 0.3) is 22.2 Å². The molecule has 1 fully saturated rings. The van der Waals surface area contributed by atoms with Crippen molar-refractivity contribution in [3.8, 4) is 11.3 Å². The average molecular weight is 508 g/mol. The Bertz CT molecular complexity index is 1250. The minimum absolute atomic E-state index is 0.0418. The second kappa shape index (κ2) is 9.44. The van der Waals surface area contributed by atoms with Gasteiger partial charge in [0.15, 0.2) is 0 Å². The molecule has 2 N–H and O–H groups in total. The molecule has 3 heterocycles. The van der Waals surface area contributed by atoms with Gasteiger partial charge in [-0.1, -0.05) is 34.1 Å². The molecule has 4 aromatic rings. The van der Waals surface area contributed by atoms with Crippen LogP contribution in [-0.4, -0.2) is 50.1 Å². The standard InChI is InChI=1S/C24H22BrN5OS/c25-20-4-2-1-3-17(20)14-30-11-12-32-22(15-30)24(31)27-18-5-6-21-19(13-18)23(29-28-21)16-7-9-26-10-8-16/h1-10,13,22H,11-12,14-15H2,(H,27,31)(H,28,29). The maximum atomic E-state index is 13.1. The molecule has 0 radical (unpaired) electrons. The van der Waals surface area contributed by atoms with Crippen LogP contribution in [0.15, 0.2) is 71.5 Å². The number of carbonyl (C=O) groups excluding carboxylic acids is 1. The third kappa shape index (κ3) is 4.57. The molecule has 5 rings (SSSR count). The number of hydrogen-bond acceptors (Lipinski definition) is 5. The molecule has 0 saturated carbocycles. The van der Waals surface area contributed by atoms with Crippen molar-refractivity contribution in [2.75, 3.05) is 24.2 Å². The van der Waals surface area contributed by atoms with E-state index in [1.54, 1.807) is 24.2 Å². The molecule has 0 bridgehead atoms. The topological polar surface area (TPSA) is 73.9 Å². The Morgan fingerprint density at radius 2 is 2.03 bits per heavy atom. The van der Waals surface area contributed by atoms with Crippen molar-refractivity contribution >= 4 is 50.2 Å². The van der Waals surface area contributed by atoms with Gasteiger partial charge in [-0.2, -0.15) is 5.10 Å². The predicted octanol–water partition coefficient (Wildman–Crippen LogP) is 4.94. The summed E-state index contributed by atoms with van der Waals surface area (Å²) in [6.07, 6.45) is 3.50. The summed E-state index contributed by atoms with van der Waals surface area (Å²) >= 11 is 5.35. The Hall–Kier alpha value is -2.68. The normalized spacial score (nSPS) is 16.8. The third-order valence-electron chi connectivity index (χ3n) is 5.58. The van der Waals surface area contributed by atoms with Crippen LogP contribution >= 0.6 is 27.7 Å². The number of carbonyl (C=O) groups is 1. The number of pyridine rings is 1. The fraction of sp³-hybridized carbons (Fsp3) is 0.208. The lowest BCUT2D eigenvalue weighted by Crippen LogP contribution is -2.43. The highest BCUT2D eigenvalue weighted by Crippen LogP contribution is 2.29. The summed E-state index contributed by atoms with van der Waals surface area (Å²) in [5.41, 5.74) is 4.79. The molecule has 0 spiro atoms. The first-order valence-electron chi connectivity index (χ1n) is 10.4. The van der Waals surface area contributed by atoms with Gasteiger partial charge in [-0.25, -0.2) is 0 Å². The Morgan fingerprint density at radius 3 is 2.88 bits per heavy atom. The van der Waals surface area contributed by atoms with Crippen LogP contribution in [0.2, 0.25) is 0 Å². The fourth-order valence-electron chi connectivity index (χ4n) is 3.92. The molecule has 8 heteroatoms. The third-order valence-corrected chi connectivity index (χ3v) is 7.54. The molecule has 1 unspecified atom stereocenters. The van der Waals surface area contributed by atoms with E-state index in [0.717, 1.165) is 57.7 Å². The van der Waals surface area contributed by atoms with Gasteiger partial charge in [0, 0.05) is 58.9 Å². The number of H-pyrrole nitrogens is 1. The van der Waals surface area contributed by atoms with Gasteiger partial charge in [-0.05, 0) is 42.0 Å². The molecule has 1 amide bonds.